The molecule has 4 rings (SSSR count). The minimum absolute atomic E-state index is 0.0754. The van der Waals surface area contributed by atoms with Crippen molar-refractivity contribution >= 4 is 0 Å². The van der Waals surface area contributed by atoms with Crippen LogP contribution in [0.3, 0.4) is 0 Å². The van der Waals surface area contributed by atoms with Gasteiger partial charge in [0.25, 0.3) is 0 Å². The molecule has 0 radical (unpaired) electrons. The lowest BCUT2D eigenvalue weighted by molar-refractivity contribution is -0.299. The van der Waals surface area contributed by atoms with Gasteiger partial charge in [-0.05, 0) is 37.5 Å². The summed E-state index contributed by atoms with van der Waals surface area (Å²) in [5.74, 6) is 0.730. The van der Waals surface area contributed by atoms with Gasteiger partial charge in [-0.1, -0.05) is 13.8 Å². The van der Waals surface area contributed by atoms with E-state index in [1.165, 1.54) is 6.42 Å². The molecule has 2 aliphatic heterocycles. The first-order valence-corrected chi connectivity index (χ1v) is 9.66. The fraction of sp³-hybridized carbons (Fsp3) is 1.00. The van der Waals surface area contributed by atoms with Crippen molar-refractivity contribution < 1.29 is 24.1 Å². The summed E-state index contributed by atoms with van der Waals surface area (Å²) in [6.07, 6.45) is 6.16. The van der Waals surface area contributed by atoms with E-state index in [0.717, 1.165) is 51.9 Å². The molecule has 4 fully saturated rings. The van der Waals surface area contributed by atoms with Gasteiger partial charge in [-0.15, -0.1) is 0 Å². The van der Waals surface area contributed by atoms with Crippen molar-refractivity contribution in [3.05, 3.63) is 0 Å². The van der Waals surface area contributed by atoms with Crippen LogP contribution in [0, 0.1) is 23.2 Å². The van der Waals surface area contributed by atoms with Crippen LogP contribution in [0.2, 0.25) is 0 Å². The quantitative estimate of drug-likeness (QED) is 0.856. The molecule has 2 saturated heterocycles. The Kier molecular flexibility index (Phi) is 4.67. The number of aliphatic hydroxyl groups is 1. The van der Waals surface area contributed by atoms with Gasteiger partial charge in [0.05, 0.1) is 19.3 Å². The second-order valence-corrected chi connectivity index (χ2v) is 9.04. The van der Waals surface area contributed by atoms with Gasteiger partial charge in [0.15, 0.2) is 12.1 Å². The molecule has 1 spiro atoms. The summed E-state index contributed by atoms with van der Waals surface area (Å²) in [5.41, 5.74) is 0.100. The highest BCUT2D eigenvalue weighted by atomic mass is 16.7. The zero-order valence-electron chi connectivity index (χ0n) is 15.0. The van der Waals surface area contributed by atoms with Crippen molar-refractivity contribution in [1.29, 1.82) is 0 Å². The number of fused-ring (bicyclic) bond motifs is 1. The predicted octanol–water partition coefficient (Wildman–Crippen LogP) is 2.71. The molecule has 4 aliphatic rings. The summed E-state index contributed by atoms with van der Waals surface area (Å²) in [4.78, 5) is 0. The fourth-order valence-corrected chi connectivity index (χ4v) is 5.06. The third-order valence-corrected chi connectivity index (χ3v) is 6.42. The molecule has 0 amide bonds. The van der Waals surface area contributed by atoms with Crippen molar-refractivity contribution in [3.8, 4) is 0 Å². The first kappa shape index (κ1) is 17.2. The lowest BCUT2D eigenvalue weighted by Gasteiger charge is -2.42. The molecule has 0 bridgehead atoms. The summed E-state index contributed by atoms with van der Waals surface area (Å²) in [7, 11) is 0. The molecule has 0 aromatic rings. The van der Waals surface area contributed by atoms with Crippen molar-refractivity contribution in [3.63, 3.8) is 0 Å². The number of aliphatic hydroxyl groups excluding tert-OH is 1. The Hall–Kier alpha value is -0.200. The Morgan fingerprint density at radius 3 is 2.58 bits per heavy atom. The molecule has 0 aromatic carbocycles. The first-order valence-electron chi connectivity index (χ1n) is 9.66. The standard InChI is InChI=1S/C19H32O5/c1-18(2)11-22-19(23-12-18)8-13-7-16(15(10-20)14(13)9-19)24-17-5-3-4-6-21-17/h13-17,20H,3-12H2,1-2H3/t13-,14+,15-,16-,17?/m1/s1. The average Bonchev–Trinajstić information content (AvgIpc) is 3.05. The summed E-state index contributed by atoms with van der Waals surface area (Å²) in [5, 5.41) is 9.98. The molecule has 5 nitrogen and oxygen atoms in total. The molecule has 2 heterocycles. The fourth-order valence-electron chi connectivity index (χ4n) is 5.06. The van der Waals surface area contributed by atoms with Gasteiger partial charge in [0.2, 0.25) is 0 Å². The van der Waals surface area contributed by atoms with Crippen LogP contribution < -0.4 is 0 Å². The number of hydrogen-bond acceptors (Lipinski definition) is 5. The number of rotatable bonds is 3. The van der Waals surface area contributed by atoms with E-state index in [2.05, 4.69) is 13.8 Å². The van der Waals surface area contributed by atoms with Crippen LogP contribution in [0.4, 0.5) is 0 Å². The van der Waals surface area contributed by atoms with Crippen molar-refractivity contribution in [2.45, 2.75) is 70.6 Å². The third kappa shape index (κ3) is 3.26. The molecule has 2 saturated carbocycles. The Morgan fingerprint density at radius 2 is 1.92 bits per heavy atom. The SMILES string of the molecule is CC1(C)COC2(C[C@H]3C[C@@H](OC4CCCCO4)[C@H](CO)[C@H]3C2)OC1. The van der Waals surface area contributed by atoms with E-state index in [9.17, 15) is 5.11 Å². The second kappa shape index (κ2) is 6.51. The molecular formula is C19H32O5. The molecule has 2 aliphatic carbocycles. The van der Waals surface area contributed by atoms with Gasteiger partial charge in [-0.3, -0.25) is 0 Å². The second-order valence-electron chi connectivity index (χ2n) is 9.04. The zero-order chi connectivity index (χ0) is 16.8. The lowest BCUT2D eigenvalue weighted by atomic mass is 9.91. The first-order chi connectivity index (χ1) is 11.5. The largest absolute Gasteiger partial charge is 0.396 e. The van der Waals surface area contributed by atoms with E-state index in [4.69, 9.17) is 18.9 Å². The van der Waals surface area contributed by atoms with Crippen LogP contribution in [0.1, 0.15) is 52.4 Å². The Balaban J connectivity index is 1.38. The summed E-state index contributed by atoms with van der Waals surface area (Å²) in [6, 6.07) is 0. The summed E-state index contributed by atoms with van der Waals surface area (Å²) in [6.45, 7) is 6.85. The summed E-state index contributed by atoms with van der Waals surface area (Å²) >= 11 is 0. The number of hydrogen-bond donors (Lipinski definition) is 1. The van der Waals surface area contributed by atoms with E-state index in [1.807, 2.05) is 0 Å². The van der Waals surface area contributed by atoms with Crippen LogP contribution >= 0.6 is 0 Å². The van der Waals surface area contributed by atoms with E-state index >= 15 is 0 Å². The van der Waals surface area contributed by atoms with Crippen LogP contribution in [-0.2, 0) is 18.9 Å². The molecular weight excluding hydrogens is 308 g/mol. The van der Waals surface area contributed by atoms with E-state index < -0.39 is 5.79 Å². The van der Waals surface area contributed by atoms with Crippen molar-refractivity contribution in [2.24, 2.45) is 23.2 Å². The highest BCUT2D eigenvalue weighted by Crippen LogP contribution is 2.55. The summed E-state index contributed by atoms with van der Waals surface area (Å²) < 4.78 is 24.3. The highest BCUT2D eigenvalue weighted by Gasteiger charge is 2.57. The van der Waals surface area contributed by atoms with Crippen molar-refractivity contribution in [1.82, 2.24) is 0 Å². The molecule has 24 heavy (non-hydrogen) atoms. The van der Waals surface area contributed by atoms with Crippen LogP contribution in [-0.4, -0.2) is 49.7 Å². The molecule has 1 unspecified atom stereocenters. The van der Waals surface area contributed by atoms with E-state index in [-0.39, 0.29) is 30.3 Å². The molecule has 1 N–H and O–H groups in total. The molecule has 5 atom stereocenters. The van der Waals surface area contributed by atoms with Crippen LogP contribution in [0.5, 0.6) is 0 Å². The minimum Gasteiger partial charge on any atom is -0.396 e. The maximum absolute atomic E-state index is 9.98. The molecule has 138 valence electrons. The van der Waals surface area contributed by atoms with Crippen LogP contribution in [0.25, 0.3) is 0 Å². The third-order valence-electron chi connectivity index (χ3n) is 6.42. The monoisotopic (exact) mass is 340 g/mol. The Labute approximate surface area is 145 Å². The lowest BCUT2D eigenvalue weighted by Crippen LogP contribution is -2.47. The van der Waals surface area contributed by atoms with Gasteiger partial charge in [0, 0.05) is 37.4 Å². The zero-order valence-corrected chi connectivity index (χ0v) is 15.0. The van der Waals surface area contributed by atoms with E-state index in [0.29, 0.717) is 11.8 Å². The average molecular weight is 340 g/mol. The van der Waals surface area contributed by atoms with Crippen molar-refractivity contribution in [2.75, 3.05) is 26.4 Å². The highest BCUT2D eigenvalue weighted by molar-refractivity contribution is 5.02. The Bertz CT molecular complexity index is 435. The minimum atomic E-state index is -0.412. The Morgan fingerprint density at radius 1 is 1.12 bits per heavy atom. The maximum Gasteiger partial charge on any atom is 0.168 e. The van der Waals surface area contributed by atoms with Crippen LogP contribution in [0.15, 0.2) is 0 Å². The predicted molar refractivity (Wildman–Crippen MR) is 88.3 cm³/mol. The van der Waals surface area contributed by atoms with E-state index in [1.54, 1.807) is 0 Å². The normalized spacial score (nSPS) is 43.9. The smallest absolute Gasteiger partial charge is 0.168 e. The van der Waals surface area contributed by atoms with Gasteiger partial charge in [-0.25, -0.2) is 0 Å². The topological polar surface area (TPSA) is 57.2 Å². The molecule has 5 heteroatoms. The maximum atomic E-state index is 9.98. The van der Waals surface area contributed by atoms with Gasteiger partial charge in [0.1, 0.15) is 0 Å². The van der Waals surface area contributed by atoms with Gasteiger partial charge in [-0.2, -0.15) is 0 Å². The van der Waals surface area contributed by atoms with Gasteiger partial charge < -0.3 is 24.1 Å². The molecule has 0 aromatic heterocycles. The number of ether oxygens (including phenoxy) is 4. The van der Waals surface area contributed by atoms with Gasteiger partial charge >= 0.3 is 0 Å².